The van der Waals surface area contributed by atoms with Crippen LogP contribution in [0.2, 0.25) is 0 Å². The second kappa shape index (κ2) is 11.0. The van der Waals surface area contributed by atoms with Gasteiger partial charge in [0, 0.05) is 47.1 Å². The first-order valence-corrected chi connectivity index (χ1v) is 14.7. The van der Waals surface area contributed by atoms with E-state index in [9.17, 15) is 9.59 Å². The standard InChI is InChI=1S/C27H30N6O4S2/c28-17-3-1-2-4-18(17)31-15-11-19(24(27(29)35)30-13-15)32-22-6-5-21(39-22)16-14-38-26-20(34)12-23(37-25(16)26)33-7-9-36-10-8-33/h5-6,11-14,17-18,31-32H,1-4,7-10,28H2,(H2,29,35)/t17-,18+/m1/s1. The molecule has 4 aromatic heterocycles. The SMILES string of the molecule is NC(=O)c1ncc(N[C@H]2CCCC[C@H]2N)cc1Nc1ccc(-c2csc3c(=O)cc(N4CCOCC4)oc23)s1. The number of nitrogens with zero attached hydrogens (tertiary/aromatic N) is 2. The van der Waals surface area contributed by atoms with Gasteiger partial charge in [0.1, 0.15) is 4.70 Å². The highest BCUT2D eigenvalue weighted by atomic mass is 32.1. The fourth-order valence-corrected chi connectivity index (χ4v) is 7.02. The van der Waals surface area contributed by atoms with E-state index in [0.717, 1.165) is 46.8 Å². The lowest BCUT2D eigenvalue weighted by Gasteiger charge is -2.30. The number of anilines is 4. The molecular formula is C27H30N6O4S2. The Bertz CT molecular complexity index is 1560. The summed E-state index contributed by atoms with van der Waals surface area (Å²) in [5.41, 5.74) is 14.8. The molecular weight excluding hydrogens is 536 g/mol. The van der Waals surface area contributed by atoms with Gasteiger partial charge in [-0.1, -0.05) is 12.8 Å². The zero-order chi connectivity index (χ0) is 26.9. The minimum Gasteiger partial charge on any atom is -0.439 e. The van der Waals surface area contributed by atoms with Gasteiger partial charge < -0.3 is 36.2 Å². The van der Waals surface area contributed by atoms with Crippen molar-refractivity contribution in [2.75, 3.05) is 41.8 Å². The summed E-state index contributed by atoms with van der Waals surface area (Å²) in [6.45, 7) is 2.56. The fourth-order valence-electron chi connectivity index (χ4n) is 5.11. The van der Waals surface area contributed by atoms with Crippen LogP contribution < -0.4 is 32.4 Å². The molecule has 4 aromatic rings. The number of hydrogen-bond donors (Lipinski definition) is 4. The summed E-state index contributed by atoms with van der Waals surface area (Å²) in [5, 5.41) is 9.55. The zero-order valence-electron chi connectivity index (χ0n) is 21.3. The van der Waals surface area contributed by atoms with E-state index < -0.39 is 5.91 Å². The van der Waals surface area contributed by atoms with Crippen LogP contribution in [-0.4, -0.2) is 49.3 Å². The maximum atomic E-state index is 12.8. The number of thiophene rings is 2. The molecule has 12 heteroatoms. The second-order valence-electron chi connectivity index (χ2n) is 9.83. The Morgan fingerprint density at radius 3 is 2.77 bits per heavy atom. The number of primary amides is 1. The van der Waals surface area contributed by atoms with Crippen molar-refractivity contribution in [3.63, 3.8) is 0 Å². The summed E-state index contributed by atoms with van der Waals surface area (Å²) in [4.78, 5) is 32.3. The second-order valence-corrected chi connectivity index (χ2v) is 11.8. The fraction of sp³-hybridized carbons (Fsp3) is 0.370. The van der Waals surface area contributed by atoms with Crippen LogP contribution in [0, 0.1) is 0 Å². The number of carbonyl (C=O) groups excluding carboxylic acids is 1. The predicted molar refractivity (Wildman–Crippen MR) is 157 cm³/mol. The molecule has 2 atom stereocenters. The summed E-state index contributed by atoms with van der Waals surface area (Å²) in [6, 6.07) is 7.54. The number of carbonyl (C=O) groups is 1. The number of hydrogen-bond acceptors (Lipinski definition) is 11. The summed E-state index contributed by atoms with van der Waals surface area (Å²) < 4.78 is 12.3. The van der Waals surface area contributed by atoms with E-state index >= 15 is 0 Å². The Hall–Kier alpha value is -3.45. The van der Waals surface area contributed by atoms with Crippen LogP contribution in [0.4, 0.5) is 22.3 Å². The molecule has 0 spiro atoms. The molecule has 0 aromatic carbocycles. The Balaban J connectivity index is 1.28. The molecule has 1 amide bonds. The van der Waals surface area contributed by atoms with Crippen LogP contribution in [-0.2, 0) is 4.74 Å². The summed E-state index contributed by atoms with van der Waals surface area (Å²) >= 11 is 2.87. The van der Waals surface area contributed by atoms with Gasteiger partial charge in [-0.25, -0.2) is 4.98 Å². The van der Waals surface area contributed by atoms with Crippen LogP contribution in [0.15, 0.2) is 45.1 Å². The Kier molecular flexibility index (Phi) is 7.26. The molecule has 5 heterocycles. The number of aromatic nitrogens is 1. The number of rotatable bonds is 7. The molecule has 39 heavy (non-hydrogen) atoms. The maximum Gasteiger partial charge on any atom is 0.269 e. The molecule has 6 rings (SSSR count). The number of fused-ring (bicyclic) bond motifs is 1. The van der Waals surface area contributed by atoms with Crippen molar-refractivity contribution in [2.45, 2.75) is 37.8 Å². The lowest BCUT2D eigenvalue weighted by molar-refractivity contribution is 0.0996. The van der Waals surface area contributed by atoms with E-state index in [1.54, 1.807) is 12.3 Å². The molecule has 10 nitrogen and oxygen atoms in total. The van der Waals surface area contributed by atoms with Crippen molar-refractivity contribution in [2.24, 2.45) is 11.5 Å². The van der Waals surface area contributed by atoms with Crippen molar-refractivity contribution in [1.82, 2.24) is 4.98 Å². The van der Waals surface area contributed by atoms with Gasteiger partial charge in [0.15, 0.2) is 17.2 Å². The van der Waals surface area contributed by atoms with Gasteiger partial charge in [-0.05, 0) is 31.0 Å². The van der Waals surface area contributed by atoms with Crippen LogP contribution in [0.3, 0.4) is 0 Å². The zero-order valence-corrected chi connectivity index (χ0v) is 22.9. The highest BCUT2D eigenvalue weighted by Crippen LogP contribution is 2.40. The third-order valence-corrected chi connectivity index (χ3v) is 9.18. The Morgan fingerprint density at radius 2 is 1.97 bits per heavy atom. The van der Waals surface area contributed by atoms with Crippen molar-refractivity contribution in [3.05, 3.63) is 51.8 Å². The molecule has 0 unspecified atom stereocenters. The van der Waals surface area contributed by atoms with Gasteiger partial charge in [0.2, 0.25) is 5.43 Å². The molecule has 1 aliphatic heterocycles. The highest BCUT2D eigenvalue weighted by molar-refractivity contribution is 7.21. The van der Waals surface area contributed by atoms with Gasteiger partial charge in [0.25, 0.3) is 5.91 Å². The number of pyridine rings is 1. The van der Waals surface area contributed by atoms with Crippen molar-refractivity contribution in [1.29, 1.82) is 0 Å². The number of nitrogens with one attached hydrogen (secondary N) is 2. The van der Waals surface area contributed by atoms with Crippen molar-refractivity contribution < 1.29 is 13.9 Å². The lowest BCUT2D eigenvalue weighted by Crippen LogP contribution is -2.42. The van der Waals surface area contributed by atoms with E-state index in [0.29, 0.717) is 48.2 Å². The molecule has 0 radical (unpaired) electrons. The number of amides is 1. The minimum atomic E-state index is -0.614. The van der Waals surface area contributed by atoms with Crippen LogP contribution in [0.5, 0.6) is 0 Å². The number of ether oxygens (including phenoxy) is 1. The van der Waals surface area contributed by atoms with E-state index in [4.69, 9.17) is 20.6 Å². The molecule has 0 bridgehead atoms. The number of morpholine rings is 1. The molecule has 2 fully saturated rings. The number of nitrogens with two attached hydrogens (primary N) is 2. The van der Waals surface area contributed by atoms with Gasteiger partial charge in [-0.15, -0.1) is 22.7 Å². The normalized spacial score (nSPS) is 19.8. The summed E-state index contributed by atoms with van der Waals surface area (Å²) in [6.07, 6.45) is 5.88. The summed E-state index contributed by atoms with van der Waals surface area (Å²) in [5.74, 6) is -0.0547. The maximum absolute atomic E-state index is 12.8. The van der Waals surface area contributed by atoms with Gasteiger partial charge in [-0.2, -0.15) is 0 Å². The lowest BCUT2D eigenvalue weighted by atomic mass is 9.91. The van der Waals surface area contributed by atoms with E-state index in [1.807, 2.05) is 28.5 Å². The third kappa shape index (κ3) is 5.37. The van der Waals surface area contributed by atoms with Crippen molar-refractivity contribution >= 4 is 61.1 Å². The molecule has 204 valence electrons. The van der Waals surface area contributed by atoms with Crippen LogP contribution in [0.1, 0.15) is 36.2 Å². The smallest absolute Gasteiger partial charge is 0.269 e. The first-order valence-electron chi connectivity index (χ1n) is 13.0. The van der Waals surface area contributed by atoms with Gasteiger partial charge in [0.05, 0.1) is 35.8 Å². The van der Waals surface area contributed by atoms with Gasteiger partial charge >= 0.3 is 0 Å². The molecule has 2 aliphatic rings. The van der Waals surface area contributed by atoms with Crippen molar-refractivity contribution in [3.8, 4) is 10.4 Å². The quantitative estimate of drug-likeness (QED) is 0.256. The van der Waals surface area contributed by atoms with Gasteiger partial charge in [-0.3, -0.25) is 9.59 Å². The predicted octanol–water partition coefficient (Wildman–Crippen LogP) is 4.34. The molecule has 1 saturated carbocycles. The topological polar surface area (TPSA) is 149 Å². The first kappa shape index (κ1) is 25.8. The first-order chi connectivity index (χ1) is 19.0. The largest absolute Gasteiger partial charge is 0.439 e. The van der Waals surface area contributed by atoms with E-state index in [-0.39, 0.29) is 23.2 Å². The minimum absolute atomic E-state index is 0.0527. The van der Waals surface area contributed by atoms with E-state index in [2.05, 4.69) is 15.6 Å². The Labute approximate surface area is 233 Å². The summed E-state index contributed by atoms with van der Waals surface area (Å²) in [7, 11) is 0. The average Bonchev–Trinajstić information content (AvgIpc) is 3.58. The molecule has 1 saturated heterocycles. The van der Waals surface area contributed by atoms with Crippen LogP contribution >= 0.6 is 22.7 Å². The Morgan fingerprint density at radius 1 is 1.15 bits per heavy atom. The monoisotopic (exact) mass is 566 g/mol. The van der Waals surface area contributed by atoms with Crippen LogP contribution in [0.25, 0.3) is 20.7 Å². The third-order valence-electron chi connectivity index (χ3n) is 7.18. The van der Waals surface area contributed by atoms with E-state index in [1.165, 1.54) is 22.7 Å². The molecule has 1 aliphatic carbocycles. The molecule has 6 N–H and O–H groups in total. The average molecular weight is 567 g/mol. The highest BCUT2D eigenvalue weighted by Gasteiger charge is 2.23.